The summed E-state index contributed by atoms with van der Waals surface area (Å²) in [7, 11) is 0. The summed E-state index contributed by atoms with van der Waals surface area (Å²) in [5, 5.41) is 2.07. The second-order valence-corrected chi connectivity index (χ2v) is 5.76. The molecule has 108 valence electrons. The van der Waals surface area contributed by atoms with Gasteiger partial charge < -0.3 is 4.74 Å². The monoisotopic (exact) mass is 288 g/mol. The third-order valence-electron chi connectivity index (χ3n) is 4.28. The molecule has 3 aromatic carbocycles. The van der Waals surface area contributed by atoms with Crippen LogP contribution in [0.5, 0.6) is 5.75 Å². The fraction of sp³-hybridized carbons (Fsp3) is 0.150. The number of carbonyl (C=O) groups is 1. The third kappa shape index (κ3) is 2.37. The molecule has 3 aromatic rings. The molecule has 0 heterocycles. The van der Waals surface area contributed by atoms with Gasteiger partial charge in [0.2, 0.25) is 0 Å². The van der Waals surface area contributed by atoms with E-state index in [4.69, 9.17) is 4.74 Å². The van der Waals surface area contributed by atoms with Crippen LogP contribution in [0, 0.1) is 5.92 Å². The van der Waals surface area contributed by atoms with E-state index in [1.807, 2.05) is 60.7 Å². The van der Waals surface area contributed by atoms with E-state index in [9.17, 15) is 4.79 Å². The minimum atomic E-state index is -0.120. The molecule has 2 nitrogen and oxygen atoms in total. The number of fused-ring (bicyclic) bond motifs is 1. The standard InChI is InChI=1S/C20H16O2/c21-20(18-13-17(18)15-7-2-1-3-8-15)22-19-12-6-10-14-9-4-5-11-16(14)19/h1-12,17-18H,13H2/t17-,18+/m0/s1. The van der Waals surface area contributed by atoms with Gasteiger partial charge >= 0.3 is 5.97 Å². The van der Waals surface area contributed by atoms with Crippen molar-refractivity contribution in [1.82, 2.24) is 0 Å². The first-order valence-electron chi connectivity index (χ1n) is 7.57. The van der Waals surface area contributed by atoms with E-state index in [1.54, 1.807) is 0 Å². The van der Waals surface area contributed by atoms with E-state index in [0.29, 0.717) is 11.7 Å². The van der Waals surface area contributed by atoms with Gasteiger partial charge in [-0.25, -0.2) is 0 Å². The summed E-state index contributed by atoms with van der Waals surface area (Å²) in [5.41, 5.74) is 1.22. The fourth-order valence-electron chi connectivity index (χ4n) is 2.99. The first-order chi connectivity index (χ1) is 10.8. The SMILES string of the molecule is O=C(Oc1cccc2ccccc12)[C@@H]1C[C@H]1c1ccccc1. The molecular formula is C20H16O2. The molecule has 2 heteroatoms. The van der Waals surface area contributed by atoms with Gasteiger partial charge in [0.1, 0.15) is 5.75 Å². The summed E-state index contributed by atoms with van der Waals surface area (Å²) in [4.78, 5) is 12.4. The van der Waals surface area contributed by atoms with E-state index in [0.717, 1.165) is 17.2 Å². The Bertz CT molecular complexity index is 818. The van der Waals surface area contributed by atoms with Crippen molar-refractivity contribution in [2.45, 2.75) is 12.3 Å². The van der Waals surface area contributed by atoms with E-state index in [2.05, 4.69) is 12.1 Å². The number of ether oxygens (including phenoxy) is 1. The zero-order valence-corrected chi connectivity index (χ0v) is 12.1. The first-order valence-corrected chi connectivity index (χ1v) is 7.57. The average molecular weight is 288 g/mol. The van der Waals surface area contributed by atoms with Crippen LogP contribution in [0.1, 0.15) is 17.9 Å². The second kappa shape index (κ2) is 5.30. The minimum Gasteiger partial charge on any atom is -0.426 e. The van der Waals surface area contributed by atoms with Crippen LogP contribution < -0.4 is 4.74 Å². The van der Waals surface area contributed by atoms with Crippen molar-refractivity contribution in [3.8, 4) is 5.75 Å². The van der Waals surface area contributed by atoms with E-state index in [-0.39, 0.29) is 11.9 Å². The Morgan fingerprint density at radius 2 is 1.59 bits per heavy atom. The van der Waals surface area contributed by atoms with Gasteiger partial charge in [-0.3, -0.25) is 4.79 Å². The molecule has 0 aromatic heterocycles. The highest BCUT2D eigenvalue weighted by Crippen LogP contribution is 2.48. The number of esters is 1. The lowest BCUT2D eigenvalue weighted by atomic mass is 10.1. The number of benzene rings is 3. The summed E-state index contributed by atoms with van der Waals surface area (Å²) in [6.07, 6.45) is 0.883. The van der Waals surface area contributed by atoms with Crippen molar-refractivity contribution >= 4 is 16.7 Å². The Labute approximate surface area is 129 Å². The number of hydrogen-bond donors (Lipinski definition) is 0. The lowest BCUT2D eigenvalue weighted by Gasteiger charge is -2.07. The van der Waals surface area contributed by atoms with Crippen LogP contribution in [-0.4, -0.2) is 5.97 Å². The molecular weight excluding hydrogens is 272 g/mol. The molecule has 22 heavy (non-hydrogen) atoms. The highest BCUT2D eigenvalue weighted by Gasteiger charge is 2.45. The van der Waals surface area contributed by atoms with E-state index in [1.165, 1.54) is 5.56 Å². The van der Waals surface area contributed by atoms with E-state index >= 15 is 0 Å². The molecule has 0 unspecified atom stereocenters. The molecule has 4 rings (SSSR count). The highest BCUT2D eigenvalue weighted by atomic mass is 16.5. The summed E-state index contributed by atoms with van der Waals surface area (Å²) in [6.45, 7) is 0. The third-order valence-corrected chi connectivity index (χ3v) is 4.28. The maximum atomic E-state index is 12.4. The van der Waals surface area contributed by atoms with Crippen LogP contribution in [0.3, 0.4) is 0 Å². The molecule has 0 aliphatic heterocycles. The average Bonchev–Trinajstić information content (AvgIpc) is 3.37. The van der Waals surface area contributed by atoms with Crippen molar-refractivity contribution in [3.05, 3.63) is 78.4 Å². The summed E-state index contributed by atoms with van der Waals surface area (Å²) >= 11 is 0. The Hall–Kier alpha value is -2.61. The second-order valence-electron chi connectivity index (χ2n) is 5.76. The molecule has 1 fully saturated rings. The molecule has 2 atom stereocenters. The van der Waals surface area contributed by atoms with Gasteiger partial charge in [0.25, 0.3) is 0 Å². The van der Waals surface area contributed by atoms with Crippen LogP contribution in [0.15, 0.2) is 72.8 Å². The fourth-order valence-corrected chi connectivity index (χ4v) is 2.99. The van der Waals surface area contributed by atoms with Gasteiger partial charge in [-0.05, 0) is 29.4 Å². The zero-order valence-electron chi connectivity index (χ0n) is 12.1. The Balaban J connectivity index is 1.53. The minimum absolute atomic E-state index is 0.0126. The largest absolute Gasteiger partial charge is 0.426 e. The zero-order chi connectivity index (χ0) is 14.9. The molecule has 0 N–H and O–H groups in total. The number of rotatable bonds is 3. The molecule has 1 aliphatic carbocycles. The summed E-state index contributed by atoms with van der Waals surface area (Å²) in [5.74, 6) is 0.831. The smallest absolute Gasteiger partial charge is 0.314 e. The topological polar surface area (TPSA) is 26.3 Å². The highest BCUT2D eigenvalue weighted by molar-refractivity contribution is 5.91. The van der Waals surface area contributed by atoms with Gasteiger partial charge in [0.15, 0.2) is 0 Å². The maximum absolute atomic E-state index is 12.4. The number of carbonyl (C=O) groups excluding carboxylic acids is 1. The normalized spacial score (nSPS) is 19.8. The molecule has 0 spiro atoms. The predicted molar refractivity (Wildman–Crippen MR) is 86.9 cm³/mol. The number of hydrogen-bond acceptors (Lipinski definition) is 2. The summed E-state index contributed by atoms with van der Waals surface area (Å²) < 4.78 is 5.66. The van der Waals surface area contributed by atoms with Crippen molar-refractivity contribution in [1.29, 1.82) is 0 Å². The molecule has 1 aliphatic rings. The predicted octanol–water partition coefficient (Wildman–Crippen LogP) is 4.55. The van der Waals surface area contributed by atoms with Gasteiger partial charge in [0, 0.05) is 5.39 Å². The Kier molecular flexibility index (Phi) is 3.15. The molecule has 0 saturated heterocycles. The molecule has 0 amide bonds. The van der Waals surface area contributed by atoms with Crippen LogP contribution in [0.25, 0.3) is 10.8 Å². The van der Waals surface area contributed by atoms with Gasteiger partial charge in [-0.2, -0.15) is 0 Å². The maximum Gasteiger partial charge on any atom is 0.314 e. The molecule has 1 saturated carbocycles. The van der Waals surface area contributed by atoms with Gasteiger partial charge in [0.05, 0.1) is 5.92 Å². The van der Waals surface area contributed by atoms with E-state index < -0.39 is 0 Å². The quantitative estimate of drug-likeness (QED) is 0.522. The first kappa shape index (κ1) is 13.1. The van der Waals surface area contributed by atoms with Crippen LogP contribution in [-0.2, 0) is 4.79 Å². The van der Waals surface area contributed by atoms with Crippen LogP contribution in [0.2, 0.25) is 0 Å². The van der Waals surface area contributed by atoms with Crippen molar-refractivity contribution in [2.24, 2.45) is 5.92 Å². The Morgan fingerprint density at radius 3 is 2.45 bits per heavy atom. The van der Waals surface area contributed by atoms with Crippen molar-refractivity contribution in [3.63, 3.8) is 0 Å². The molecule has 0 bridgehead atoms. The lowest BCUT2D eigenvalue weighted by molar-refractivity contribution is -0.135. The Morgan fingerprint density at radius 1 is 0.864 bits per heavy atom. The van der Waals surface area contributed by atoms with Gasteiger partial charge in [-0.1, -0.05) is 66.7 Å². The lowest BCUT2D eigenvalue weighted by Crippen LogP contribution is -2.11. The summed E-state index contributed by atoms with van der Waals surface area (Å²) in [6, 6.07) is 24.0. The van der Waals surface area contributed by atoms with Gasteiger partial charge in [-0.15, -0.1) is 0 Å². The van der Waals surface area contributed by atoms with Crippen LogP contribution in [0.4, 0.5) is 0 Å². The van der Waals surface area contributed by atoms with Crippen LogP contribution >= 0.6 is 0 Å². The molecule has 0 radical (unpaired) electrons. The van der Waals surface area contributed by atoms with Crippen molar-refractivity contribution < 1.29 is 9.53 Å². The van der Waals surface area contributed by atoms with Crippen molar-refractivity contribution in [2.75, 3.05) is 0 Å².